The fraction of sp³-hybridized carbons (Fsp3) is 0.708. The molecule has 0 spiro atoms. The molecule has 2 atom stereocenters. The molecule has 0 bridgehead atoms. The molecule has 6 nitrogen and oxygen atoms in total. The molecule has 2 unspecified atom stereocenters. The second kappa shape index (κ2) is 12.6. The zero-order valence-corrected chi connectivity index (χ0v) is 19.6. The molecular weight excluding hydrogens is 380 g/mol. The van der Waals surface area contributed by atoms with Crippen LogP contribution in [-0.2, 0) is 24.2 Å². The molecule has 0 aromatic carbocycles. The molecule has 0 saturated heterocycles. The Hall–Kier alpha value is -2.11. The van der Waals surface area contributed by atoms with Gasteiger partial charge in [0.05, 0.1) is 6.42 Å². The fourth-order valence-electron chi connectivity index (χ4n) is 3.70. The van der Waals surface area contributed by atoms with Crippen LogP contribution in [0.25, 0.3) is 0 Å². The minimum atomic E-state index is -0.954. The highest BCUT2D eigenvalue weighted by Gasteiger charge is 2.24. The number of carbonyl (C=O) groups is 2. The summed E-state index contributed by atoms with van der Waals surface area (Å²) >= 11 is 0. The van der Waals surface area contributed by atoms with Gasteiger partial charge in [0, 0.05) is 18.3 Å². The maximum atomic E-state index is 13.2. The predicted octanol–water partition coefficient (Wildman–Crippen LogP) is 4.42. The molecule has 30 heavy (non-hydrogen) atoms. The molecule has 0 radical (unpaired) electrons. The topological polar surface area (TPSA) is 88.4 Å². The Kier molecular flexibility index (Phi) is 10.8. The van der Waals surface area contributed by atoms with E-state index in [-0.39, 0.29) is 23.5 Å². The van der Waals surface area contributed by atoms with Crippen LogP contribution in [0.15, 0.2) is 10.9 Å². The highest BCUT2D eigenvalue weighted by Crippen LogP contribution is 2.19. The highest BCUT2D eigenvalue weighted by molar-refractivity contribution is 5.94. The molecule has 0 saturated carbocycles. The number of aliphatic carboxylic acids is 1. The molecule has 170 valence electrons. The second-order valence-corrected chi connectivity index (χ2v) is 8.67. The van der Waals surface area contributed by atoms with Crippen molar-refractivity contribution in [2.24, 2.45) is 11.8 Å². The van der Waals surface area contributed by atoms with Crippen molar-refractivity contribution < 1.29 is 14.7 Å². The SMILES string of the molecule is CCCCn1c(CCC)c(CC)cc(C(=O)NC(CC(=O)O)CC(C)C(C)C)c1=O. The first-order valence-corrected chi connectivity index (χ1v) is 11.4. The van der Waals surface area contributed by atoms with E-state index in [4.69, 9.17) is 0 Å². The number of rotatable bonds is 13. The third-order valence-corrected chi connectivity index (χ3v) is 5.89. The van der Waals surface area contributed by atoms with Crippen molar-refractivity contribution in [2.75, 3.05) is 0 Å². The maximum Gasteiger partial charge on any atom is 0.305 e. The molecule has 1 rings (SSSR count). The van der Waals surface area contributed by atoms with Gasteiger partial charge in [-0.3, -0.25) is 14.4 Å². The maximum absolute atomic E-state index is 13.2. The van der Waals surface area contributed by atoms with Crippen molar-refractivity contribution in [3.8, 4) is 0 Å². The van der Waals surface area contributed by atoms with Crippen LogP contribution >= 0.6 is 0 Å². The molecule has 1 aromatic rings. The lowest BCUT2D eigenvalue weighted by Gasteiger charge is -2.24. The quantitative estimate of drug-likeness (QED) is 0.494. The normalized spacial score (nSPS) is 13.3. The average molecular weight is 421 g/mol. The van der Waals surface area contributed by atoms with Crippen LogP contribution in [0.1, 0.15) is 95.3 Å². The van der Waals surface area contributed by atoms with Gasteiger partial charge in [-0.1, -0.05) is 54.4 Å². The van der Waals surface area contributed by atoms with Crippen molar-refractivity contribution in [1.82, 2.24) is 9.88 Å². The molecule has 0 aliphatic rings. The van der Waals surface area contributed by atoms with Crippen LogP contribution in [0.3, 0.4) is 0 Å². The summed E-state index contributed by atoms with van der Waals surface area (Å²) in [6.45, 7) is 13.0. The molecule has 0 fully saturated rings. The van der Waals surface area contributed by atoms with Crippen LogP contribution in [-0.4, -0.2) is 27.6 Å². The van der Waals surface area contributed by atoms with E-state index in [1.165, 1.54) is 0 Å². The Morgan fingerprint density at radius 1 is 1.13 bits per heavy atom. The fourth-order valence-corrected chi connectivity index (χ4v) is 3.70. The number of unbranched alkanes of at least 4 members (excludes halogenated alkanes) is 1. The van der Waals surface area contributed by atoms with Crippen molar-refractivity contribution >= 4 is 11.9 Å². The highest BCUT2D eigenvalue weighted by atomic mass is 16.4. The number of carbonyl (C=O) groups excluding carboxylic acids is 1. The number of pyridine rings is 1. The van der Waals surface area contributed by atoms with E-state index in [2.05, 4.69) is 39.9 Å². The van der Waals surface area contributed by atoms with E-state index in [0.29, 0.717) is 18.9 Å². The van der Waals surface area contributed by atoms with Gasteiger partial charge in [0.25, 0.3) is 11.5 Å². The van der Waals surface area contributed by atoms with Crippen molar-refractivity contribution in [2.45, 2.75) is 99.1 Å². The first kappa shape index (κ1) is 25.9. The lowest BCUT2D eigenvalue weighted by molar-refractivity contribution is -0.137. The van der Waals surface area contributed by atoms with Crippen molar-refractivity contribution in [1.29, 1.82) is 0 Å². The summed E-state index contributed by atoms with van der Waals surface area (Å²) in [5, 5.41) is 12.1. The summed E-state index contributed by atoms with van der Waals surface area (Å²) < 4.78 is 1.77. The summed E-state index contributed by atoms with van der Waals surface area (Å²) in [4.78, 5) is 37.6. The Balaban J connectivity index is 3.30. The van der Waals surface area contributed by atoms with Crippen LogP contribution in [0.4, 0.5) is 0 Å². The first-order valence-electron chi connectivity index (χ1n) is 11.4. The van der Waals surface area contributed by atoms with E-state index < -0.39 is 17.9 Å². The largest absolute Gasteiger partial charge is 0.481 e. The van der Waals surface area contributed by atoms with Gasteiger partial charge >= 0.3 is 5.97 Å². The number of nitrogens with zero attached hydrogens (tertiary/aromatic N) is 1. The van der Waals surface area contributed by atoms with Gasteiger partial charge in [0.2, 0.25) is 0 Å². The Labute approximate surface area is 181 Å². The number of amides is 1. The lowest BCUT2D eigenvalue weighted by atomic mass is 9.90. The summed E-state index contributed by atoms with van der Waals surface area (Å²) in [5.41, 5.74) is 1.89. The summed E-state index contributed by atoms with van der Waals surface area (Å²) in [6, 6.07) is 1.21. The first-order chi connectivity index (χ1) is 14.2. The number of aromatic nitrogens is 1. The van der Waals surface area contributed by atoms with Gasteiger partial charge in [-0.15, -0.1) is 0 Å². The number of carboxylic acid groups (broad SMARTS) is 1. The molecule has 1 aromatic heterocycles. The van der Waals surface area contributed by atoms with Gasteiger partial charge in [-0.05, 0) is 49.1 Å². The van der Waals surface area contributed by atoms with Gasteiger partial charge in [-0.2, -0.15) is 0 Å². The molecule has 1 heterocycles. The third kappa shape index (κ3) is 7.29. The monoisotopic (exact) mass is 420 g/mol. The Morgan fingerprint density at radius 3 is 2.30 bits per heavy atom. The lowest BCUT2D eigenvalue weighted by Crippen LogP contribution is -2.42. The van der Waals surface area contributed by atoms with Crippen molar-refractivity contribution in [3.63, 3.8) is 0 Å². The second-order valence-electron chi connectivity index (χ2n) is 8.67. The number of nitrogens with one attached hydrogen (secondary N) is 1. The predicted molar refractivity (Wildman–Crippen MR) is 121 cm³/mol. The minimum absolute atomic E-state index is 0.121. The van der Waals surface area contributed by atoms with E-state index in [0.717, 1.165) is 43.4 Å². The molecule has 6 heteroatoms. The zero-order valence-electron chi connectivity index (χ0n) is 19.6. The third-order valence-electron chi connectivity index (χ3n) is 5.89. The van der Waals surface area contributed by atoms with Crippen LogP contribution in [0, 0.1) is 11.8 Å². The molecule has 0 aliphatic carbocycles. The minimum Gasteiger partial charge on any atom is -0.481 e. The number of hydrogen-bond donors (Lipinski definition) is 2. The van der Waals surface area contributed by atoms with E-state index in [1.807, 2.05) is 6.92 Å². The van der Waals surface area contributed by atoms with Gasteiger partial charge in [0.1, 0.15) is 5.56 Å². The van der Waals surface area contributed by atoms with Gasteiger partial charge in [-0.25, -0.2) is 0 Å². The summed E-state index contributed by atoms with van der Waals surface area (Å²) in [7, 11) is 0. The van der Waals surface area contributed by atoms with E-state index in [1.54, 1.807) is 10.6 Å². The number of aryl methyl sites for hydroxylation is 1. The smallest absolute Gasteiger partial charge is 0.305 e. The molecule has 0 aliphatic heterocycles. The van der Waals surface area contributed by atoms with Crippen LogP contribution in [0.2, 0.25) is 0 Å². The van der Waals surface area contributed by atoms with E-state index in [9.17, 15) is 19.5 Å². The zero-order chi connectivity index (χ0) is 22.8. The van der Waals surface area contributed by atoms with Crippen molar-refractivity contribution in [3.05, 3.63) is 33.2 Å². The standard InChI is InChI=1S/C24H40N2O4/c1-7-10-12-26-21(11-8-2)18(9-3)14-20(24(26)30)23(29)25-19(15-22(27)28)13-17(6)16(4)5/h14,16-17,19H,7-13,15H2,1-6H3,(H,25,29)(H,27,28). The van der Waals surface area contributed by atoms with Crippen LogP contribution in [0.5, 0.6) is 0 Å². The van der Waals surface area contributed by atoms with E-state index >= 15 is 0 Å². The number of hydrogen-bond acceptors (Lipinski definition) is 3. The van der Waals surface area contributed by atoms with Gasteiger partial charge < -0.3 is 15.0 Å². The number of carboxylic acids is 1. The average Bonchev–Trinajstić information content (AvgIpc) is 2.67. The van der Waals surface area contributed by atoms with Gasteiger partial charge in [0.15, 0.2) is 0 Å². The molecule has 2 N–H and O–H groups in total. The Bertz CT molecular complexity index is 767. The summed E-state index contributed by atoms with van der Waals surface area (Å²) in [6.07, 6.45) is 4.72. The van der Waals surface area contributed by atoms with Crippen LogP contribution < -0.4 is 10.9 Å². The molecule has 1 amide bonds. The summed E-state index contributed by atoms with van der Waals surface area (Å²) in [5.74, 6) is -0.784. The Morgan fingerprint density at radius 2 is 1.80 bits per heavy atom. The molecular formula is C24H40N2O4.